The molecule has 3 N–H and O–H groups in total. The van der Waals surface area contributed by atoms with Crippen molar-refractivity contribution >= 4 is 15.9 Å². The smallest absolute Gasteiger partial charge is 0.137 e. The van der Waals surface area contributed by atoms with Gasteiger partial charge in [0.15, 0.2) is 0 Å². The summed E-state index contributed by atoms with van der Waals surface area (Å²) in [6.45, 7) is 4.18. The maximum absolute atomic E-state index is 13.6. The van der Waals surface area contributed by atoms with Crippen LogP contribution in [0, 0.1) is 19.7 Å². The summed E-state index contributed by atoms with van der Waals surface area (Å²) in [5, 5.41) is 0. The van der Waals surface area contributed by atoms with Gasteiger partial charge in [-0.15, -0.1) is 0 Å². The lowest BCUT2D eigenvalue weighted by atomic mass is 9.95. The van der Waals surface area contributed by atoms with Crippen LogP contribution in [0.4, 0.5) is 4.39 Å². The summed E-state index contributed by atoms with van der Waals surface area (Å²) < 4.78 is 14.1. The first-order valence-corrected chi connectivity index (χ1v) is 7.75. The Kier molecular flexibility index (Phi) is 5.51. The highest BCUT2D eigenvalue weighted by atomic mass is 79.9. The Hall–Kier alpha value is -1.23. The number of benzene rings is 2. The van der Waals surface area contributed by atoms with Gasteiger partial charge in [0, 0.05) is 6.04 Å². The molecular weight excluding hydrogens is 331 g/mol. The molecule has 0 bridgehead atoms. The van der Waals surface area contributed by atoms with Crippen molar-refractivity contribution in [1.82, 2.24) is 5.43 Å². The Morgan fingerprint density at radius 2 is 1.86 bits per heavy atom. The predicted octanol–water partition coefficient (Wildman–Crippen LogP) is 3.82. The van der Waals surface area contributed by atoms with E-state index in [0.29, 0.717) is 10.9 Å². The van der Waals surface area contributed by atoms with E-state index in [9.17, 15) is 4.39 Å². The minimum atomic E-state index is -0.241. The van der Waals surface area contributed by atoms with Gasteiger partial charge in [0.25, 0.3) is 0 Å². The van der Waals surface area contributed by atoms with Crippen LogP contribution in [0.15, 0.2) is 40.9 Å². The van der Waals surface area contributed by atoms with E-state index in [1.807, 2.05) is 6.07 Å². The van der Waals surface area contributed by atoms with Crippen molar-refractivity contribution in [3.05, 3.63) is 68.9 Å². The van der Waals surface area contributed by atoms with Gasteiger partial charge in [-0.2, -0.15) is 0 Å². The third-order valence-corrected chi connectivity index (χ3v) is 4.59. The summed E-state index contributed by atoms with van der Waals surface area (Å²) in [6, 6.07) is 11.6. The lowest BCUT2D eigenvalue weighted by Crippen LogP contribution is -2.38. The fourth-order valence-electron chi connectivity index (χ4n) is 2.45. The maximum atomic E-state index is 13.6. The molecule has 2 aromatic rings. The summed E-state index contributed by atoms with van der Waals surface area (Å²) in [7, 11) is 0. The summed E-state index contributed by atoms with van der Waals surface area (Å²) in [6.07, 6.45) is 1.48. The van der Waals surface area contributed by atoms with E-state index in [1.165, 1.54) is 22.8 Å². The Balaban J connectivity index is 2.17. The minimum Gasteiger partial charge on any atom is -0.271 e. The number of halogens is 2. The van der Waals surface area contributed by atoms with E-state index >= 15 is 0 Å². The van der Waals surface area contributed by atoms with Crippen LogP contribution < -0.4 is 11.3 Å². The standard InChI is InChI=1S/C17H20BrFN2/c1-11-6-7-12(2)14(8-11)10-15(21-20)9-13-4-3-5-16(19)17(13)18/h3-8,15,21H,9-10,20H2,1-2H3. The molecular formula is C17H20BrFN2. The molecule has 2 nitrogen and oxygen atoms in total. The zero-order chi connectivity index (χ0) is 15.4. The number of nitrogens with one attached hydrogen (secondary N) is 1. The molecule has 2 aromatic carbocycles. The van der Waals surface area contributed by atoms with Crippen LogP contribution in [-0.4, -0.2) is 6.04 Å². The fraction of sp³-hybridized carbons (Fsp3) is 0.294. The molecule has 1 atom stereocenters. The second kappa shape index (κ2) is 7.16. The number of hydrogen-bond donors (Lipinski definition) is 2. The highest BCUT2D eigenvalue weighted by Crippen LogP contribution is 2.23. The van der Waals surface area contributed by atoms with Gasteiger partial charge < -0.3 is 0 Å². The Labute approximate surface area is 133 Å². The summed E-state index contributed by atoms with van der Waals surface area (Å²) in [4.78, 5) is 0. The van der Waals surface area contributed by atoms with Crippen LogP contribution >= 0.6 is 15.9 Å². The maximum Gasteiger partial charge on any atom is 0.137 e. The van der Waals surface area contributed by atoms with Crippen LogP contribution in [0.1, 0.15) is 22.3 Å². The molecule has 2 rings (SSSR count). The highest BCUT2D eigenvalue weighted by molar-refractivity contribution is 9.10. The van der Waals surface area contributed by atoms with Crippen molar-refractivity contribution in [2.24, 2.45) is 5.84 Å². The van der Waals surface area contributed by atoms with Crippen molar-refractivity contribution in [1.29, 1.82) is 0 Å². The van der Waals surface area contributed by atoms with Gasteiger partial charge in [-0.05, 0) is 65.4 Å². The van der Waals surface area contributed by atoms with Crippen molar-refractivity contribution < 1.29 is 4.39 Å². The molecule has 0 saturated carbocycles. The van der Waals surface area contributed by atoms with Crippen LogP contribution in [0.3, 0.4) is 0 Å². The monoisotopic (exact) mass is 350 g/mol. The third kappa shape index (κ3) is 4.13. The molecule has 4 heteroatoms. The predicted molar refractivity (Wildman–Crippen MR) is 88.5 cm³/mol. The van der Waals surface area contributed by atoms with E-state index in [-0.39, 0.29) is 11.9 Å². The van der Waals surface area contributed by atoms with Crippen LogP contribution in [0.25, 0.3) is 0 Å². The molecule has 0 aromatic heterocycles. The van der Waals surface area contributed by atoms with E-state index in [2.05, 4.69) is 53.4 Å². The molecule has 0 heterocycles. The first kappa shape index (κ1) is 16.1. The number of aryl methyl sites for hydroxylation is 2. The van der Waals surface area contributed by atoms with Gasteiger partial charge >= 0.3 is 0 Å². The van der Waals surface area contributed by atoms with Gasteiger partial charge in [0.05, 0.1) is 4.47 Å². The molecule has 0 saturated heterocycles. The Morgan fingerprint density at radius 1 is 1.14 bits per heavy atom. The second-order valence-corrected chi connectivity index (χ2v) is 6.21. The number of hydrogen-bond acceptors (Lipinski definition) is 2. The molecule has 21 heavy (non-hydrogen) atoms. The van der Waals surface area contributed by atoms with E-state index in [4.69, 9.17) is 5.84 Å². The van der Waals surface area contributed by atoms with Crippen molar-refractivity contribution in [3.8, 4) is 0 Å². The van der Waals surface area contributed by atoms with Crippen LogP contribution in [0.2, 0.25) is 0 Å². The topological polar surface area (TPSA) is 38.0 Å². The first-order valence-electron chi connectivity index (χ1n) is 6.96. The lowest BCUT2D eigenvalue weighted by Gasteiger charge is -2.18. The summed E-state index contributed by atoms with van der Waals surface area (Å²) in [5.74, 6) is 5.44. The number of hydrazine groups is 1. The van der Waals surface area contributed by atoms with Gasteiger partial charge in [-0.1, -0.05) is 35.9 Å². The van der Waals surface area contributed by atoms with Crippen molar-refractivity contribution in [2.45, 2.75) is 32.7 Å². The molecule has 1 unspecified atom stereocenters. The molecule has 0 radical (unpaired) electrons. The second-order valence-electron chi connectivity index (χ2n) is 5.41. The normalized spacial score (nSPS) is 12.4. The third-order valence-electron chi connectivity index (χ3n) is 3.70. The fourth-order valence-corrected chi connectivity index (χ4v) is 2.87. The molecule has 0 aliphatic heterocycles. The molecule has 112 valence electrons. The zero-order valence-corrected chi connectivity index (χ0v) is 13.9. The highest BCUT2D eigenvalue weighted by Gasteiger charge is 2.14. The summed E-state index contributed by atoms with van der Waals surface area (Å²) >= 11 is 3.31. The molecule has 0 fully saturated rings. The average Bonchev–Trinajstić information content (AvgIpc) is 2.46. The van der Waals surface area contributed by atoms with E-state index in [1.54, 1.807) is 6.07 Å². The number of rotatable bonds is 5. The number of nitrogens with two attached hydrogens (primary N) is 1. The zero-order valence-electron chi connectivity index (χ0n) is 12.3. The van der Waals surface area contributed by atoms with Crippen LogP contribution in [0.5, 0.6) is 0 Å². The Morgan fingerprint density at radius 3 is 2.57 bits per heavy atom. The van der Waals surface area contributed by atoms with Crippen molar-refractivity contribution in [3.63, 3.8) is 0 Å². The van der Waals surface area contributed by atoms with Crippen LogP contribution in [-0.2, 0) is 12.8 Å². The SMILES string of the molecule is Cc1ccc(C)c(CC(Cc2cccc(F)c2Br)NN)c1. The average molecular weight is 351 g/mol. The van der Waals surface area contributed by atoms with Gasteiger partial charge in [0.1, 0.15) is 5.82 Å². The van der Waals surface area contributed by atoms with Gasteiger partial charge in [0.2, 0.25) is 0 Å². The largest absolute Gasteiger partial charge is 0.271 e. The quantitative estimate of drug-likeness (QED) is 0.635. The summed E-state index contributed by atoms with van der Waals surface area (Å²) in [5.41, 5.74) is 7.52. The lowest BCUT2D eigenvalue weighted by molar-refractivity contribution is 0.518. The first-order chi connectivity index (χ1) is 10.0. The molecule has 0 spiro atoms. The van der Waals surface area contributed by atoms with Gasteiger partial charge in [-0.25, -0.2) is 4.39 Å². The van der Waals surface area contributed by atoms with E-state index < -0.39 is 0 Å². The van der Waals surface area contributed by atoms with E-state index in [0.717, 1.165) is 12.0 Å². The molecule has 0 aliphatic rings. The van der Waals surface area contributed by atoms with Crippen molar-refractivity contribution in [2.75, 3.05) is 0 Å². The molecule has 0 amide bonds. The minimum absolute atomic E-state index is 0.0589. The Bertz CT molecular complexity index is 624. The van der Waals surface area contributed by atoms with Gasteiger partial charge in [-0.3, -0.25) is 11.3 Å². The molecule has 0 aliphatic carbocycles.